The molecule has 0 saturated heterocycles. The van der Waals surface area contributed by atoms with E-state index in [1.165, 1.54) is 0 Å². The van der Waals surface area contributed by atoms with Gasteiger partial charge in [0, 0.05) is 0 Å². The molecule has 0 radical (unpaired) electrons. The van der Waals surface area contributed by atoms with Crippen molar-refractivity contribution in [3.05, 3.63) is 0 Å². The minimum absolute atomic E-state index is 4.51. The Kier molecular flexibility index (Phi) is 1.46. The van der Waals surface area contributed by atoms with Gasteiger partial charge in [0.1, 0.15) is 0 Å². The summed E-state index contributed by atoms with van der Waals surface area (Å²) in [5.41, 5.74) is 0. The molecule has 0 rings (SSSR count). The van der Waals surface area contributed by atoms with E-state index >= 15 is 0 Å². The monoisotopic (exact) mass is 321 g/mol. The van der Waals surface area contributed by atoms with E-state index < -0.39 is -0.763 Å². The molecule has 0 aromatic rings. The topological polar surface area (TPSA) is 0 Å². The van der Waals surface area contributed by atoms with Crippen LogP contribution in [0.15, 0.2) is 0 Å². The number of hydrogen-bond acceptors (Lipinski definition) is 7. The summed E-state index contributed by atoms with van der Waals surface area (Å²) in [7, 11) is 31.6. The van der Waals surface area contributed by atoms with E-state index in [4.69, 9.17) is 0 Å². The van der Waals surface area contributed by atoms with Gasteiger partial charge in [-0.2, -0.15) is 0 Å². The molecule has 0 nitrogen and oxygen atoms in total. The Balaban J connectivity index is 10.3. The van der Waals surface area contributed by atoms with E-state index in [-0.39, 0.29) is 0 Å². The Labute approximate surface area is 67.9 Å². The first-order chi connectivity index (χ1) is 2.65. The predicted octanol–water partition coefficient (Wildman–Crippen LogP) is 4.53. The first-order valence-corrected chi connectivity index (χ1v) is 19.2. The SMILES string of the molecule is [S]=[Tc](=[S])(=[S])(=[S])(=[S])(=[S])=[S]. The summed E-state index contributed by atoms with van der Waals surface area (Å²) in [5, 5.41) is 0. The van der Waals surface area contributed by atoms with Crippen LogP contribution in [0.3, 0.4) is 0 Å². The van der Waals surface area contributed by atoms with Crippen molar-refractivity contribution in [2.24, 2.45) is 0 Å². The van der Waals surface area contributed by atoms with Crippen molar-refractivity contribution < 1.29 is -0.763 Å². The maximum atomic E-state index is 4.51. The van der Waals surface area contributed by atoms with Crippen molar-refractivity contribution in [2.75, 3.05) is 0 Å². The van der Waals surface area contributed by atoms with E-state index in [1.54, 1.807) is 0 Å². The van der Waals surface area contributed by atoms with Crippen LogP contribution in [0.1, 0.15) is 0 Å². The number of hydrogen-bond donors (Lipinski definition) is 0. The van der Waals surface area contributed by atoms with E-state index in [9.17, 15) is 0 Å². The molecular formula is S7Tc. The molecule has 0 N–H and O–H groups in total. The second-order valence-corrected chi connectivity index (χ2v) is 70.4. The summed E-state index contributed by atoms with van der Waals surface area (Å²) >= 11 is 0. The molecule has 0 aromatic heterocycles. The van der Waals surface area contributed by atoms with Gasteiger partial charge in [0.2, 0.25) is 0 Å². The summed E-state index contributed by atoms with van der Waals surface area (Å²) in [4.78, 5) is 0. The molecule has 0 spiro atoms. The van der Waals surface area contributed by atoms with Crippen molar-refractivity contribution in [3.8, 4) is 0 Å². The van der Waals surface area contributed by atoms with Gasteiger partial charge in [-0.3, -0.25) is 0 Å². The molecule has 0 atom stereocenters. The summed E-state index contributed by atoms with van der Waals surface area (Å²) in [6.07, 6.45) is 0. The fraction of sp³-hybridized carbons (Fsp3) is 0. The third kappa shape index (κ3) is 88.3. The van der Waals surface area contributed by atoms with Gasteiger partial charge in [-0.1, -0.05) is 0 Å². The van der Waals surface area contributed by atoms with Crippen LogP contribution in [0.25, 0.3) is 0 Å². The zero-order valence-electron chi connectivity index (χ0n) is 3.24. The molecular weight excluding hydrogens is 322 g/mol. The molecule has 0 bridgehead atoms. The van der Waals surface area contributed by atoms with E-state index in [0.29, 0.717) is 0 Å². The van der Waals surface area contributed by atoms with Gasteiger partial charge in [-0.25, -0.2) is 0 Å². The van der Waals surface area contributed by atoms with Gasteiger partial charge in [0.05, 0.1) is 0 Å². The Hall–Kier alpha value is 2.19. The molecule has 0 aliphatic carbocycles. The van der Waals surface area contributed by atoms with Crippen LogP contribution in [-0.2, 0) is -0.763 Å². The quantitative estimate of drug-likeness (QED) is 0.634. The third-order valence-electron chi connectivity index (χ3n) is 0. The van der Waals surface area contributed by atoms with Crippen LogP contribution >= 0.6 is 70.0 Å². The second kappa shape index (κ2) is 1.15. The molecule has 8 heteroatoms. The van der Waals surface area contributed by atoms with Crippen LogP contribution in [0.4, 0.5) is 0 Å². The van der Waals surface area contributed by atoms with E-state index in [1.807, 2.05) is 0 Å². The van der Waals surface area contributed by atoms with Crippen LogP contribution in [-0.4, -0.2) is 0 Å². The summed E-state index contributed by atoms with van der Waals surface area (Å²) in [5.74, 6) is 0. The fourth-order valence-corrected chi connectivity index (χ4v) is 0. The van der Waals surface area contributed by atoms with Gasteiger partial charge >= 0.3 is 69.2 Å². The zero-order valence-corrected chi connectivity index (χ0v) is 10.8. The normalized spacial score (nSPS) is 20.1. The van der Waals surface area contributed by atoms with Gasteiger partial charge in [0.25, 0.3) is 0 Å². The fourth-order valence-electron chi connectivity index (χ4n) is 0. The van der Waals surface area contributed by atoms with Gasteiger partial charge < -0.3 is 0 Å². The van der Waals surface area contributed by atoms with Crippen molar-refractivity contribution in [1.29, 1.82) is 0 Å². The standard InChI is InChI=1S/7S.Tc. The molecule has 0 amide bonds. The molecule has 0 heterocycles. The molecule has 8 heavy (non-hydrogen) atoms. The van der Waals surface area contributed by atoms with Crippen molar-refractivity contribution in [2.45, 2.75) is 0 Å². The Bertz CT molecular complexity index is 632. The molecule has 0 fully saturated rings. The Morgan fingerprint density at radius 3 is 0.500 bits per heavy atom. The predicted molar refractivity (Wildman–Crippen MR) is 53.1 cm³/mol. The zero-order chi connectivity index (χ0) is 7.38. The molecule has 0 aliphatic rings. The second-order valence-electron chi connectivity index (χ2n) is 1.32. The summed E-state index contributed by atoms with van der Waals surface area (Å²) in [6.45, 7) is 0. The van der Waals surface area contributed by atoms with Crippen molar-refractivity contribution >= 4 is 70.0 Å². The van der Waals surface area contributed by atoms with E-state index in [2.05, 4.69) is 70.0 Å². The van der Waals surface area contributed by atoms with Gasteiger partial charge in [0.15, 0.2) is 0 Å². The molecule has 49 valence electrons. The summed E-state index contributed by atoms with van der Waals surface area (Å²) in [6, 6.07) is 0. The van der Waals surface area contributed by atoms with Crippen LogP contribution in [0.2, 0.25) is 0 Å². The van der Waals surface area contributed by atoms with Crippen LogP contribution < -0.4 is 0 Å². The maximum absolute atomic E-state index is 5.58. The summed E-state index contributed by atoms with van der Waals surface area (Å²) < 4.78 is -5.58. The van der Waals surface area contributed by atoms with Crippen molar-refractivity contribution in [1.82, 2.24) is 0 Å². The molecule has 0 unspecified atom stereocenters. The Morgan fingerprint density at radius 2 is 0.500 bits per heavy atom. The molecule has 0 aromatic carbocycles. The first kappa shape index (κ1) is 10.2. The molecule has 0 saturated carbocycles. The van der Waals surface area contributed by atoms with Gasteiger partial charge in [-0.15, -0.1) is 0 Å². The van der Waals surface area contributed by atoms with Crippen LogP contribution in [0, 0.1) is 0 Å². The Morgan fingerprint density at radius 1 is 0.500 bits per heavy atom. The minimum atomic E-state index is -5.58. The first-order valence-electron chi connectivity index (χ1n) is 1.08. The average Bonchev–Trinajstić information content (AvgIpc) is 0.544. The molecule has 0 aliphatic heterocycles. The van der Waals surface area contributed by atoms with E-state index in [0.717, 1.165) is 0 Å². The number of rotatable bonds is 0. The third-order valence-corrected chi connectivity index (χ3v) is 0. The van der Waals surface area contributed by atoms with Crippen molar-refractivity contribution in [3.63, 3.8) is 0 Å². The average molecular weight is 322 g/mol. The van der Waals surface area contributed by atoms with Gasteiger partial charge in [-0.05, 0) is 0 Å². The van der Waals surface area contributed by atoms with Crippen LogP contribution in [0.5, 0.6) is 0 Å².